The van der Waals surface area contributed by atoms with Crippen molar-refractivity contribution in [3.05, 3.63) is 0 Å². The van der Waals surface area contributed by atoms with Gasteiger partial charge in [0.25, 0.3) is 0 Å². The third-order valence-corrected chi connectivity index (χ3v) is 2.85. The Morgan fingerprint density at radius 3 is 1.71 bits per heavy atom. The summed E-state index contributed by atoms with van der Waals surface area (Å²) in [7, 11) is 0. The van der Waals surface area contributed by atoms with E-state index in [1.165, 1.54) is 44.9 Å². The van der Waals surface area contributed by atoms with Crippen LogP contribution in [0.3, 0.4) is 0 Å². The SMILES string of the molecule is CCOC(CCCCCCCCCN)OCC. The van der Waals surface area contributed by atoms with Gasteiger partial charge in [0.2, 0.25) is 0 Å². The van der Waals surface area contributed by atoms with E-state index in [0.29, 0.717) is 0 Å². The molecule has 0 aliphatic rings. The fraction of sp³-hybridized carbons (Fsp3) is 1.00. The van der Waals surface area contributed by atoms with Crippen LogP contribution >= 0.6 is 0 Å². The lowest BCUT2D eigenvalue weighted by atomic mass is 10.1. The Morgan fingerprint density at radius 2 is 1.24 bits per heavy atom. The molecular weight excluding hydrogens is 214 g/mol. The molecule has 0 rings (SSSR count). The third kappa shape index (κ3) is 12.1. The molecule has 0 saturated heterocycles. The molecule has 0 aliphatic carbocycles. The molecule has 0 spiro atoms. The second-order valence-corrected chi connectivity index (χ2v) is 4.39. The van der Waals surface area contributed by atoms with Crippen molar-refractivity contribution in [2.24, 2.45) is 5.73 Å². The maximum absolute atomic E-state index is 5.51. The minimum atomic E-state index is 0.0160. The smallest absolute Gasteiger partial charge is 0.157 e. The summed E-state index contributed by atoms with van der Waals surface area (Å²) in [5, 5.41) is 0. The monoisotopic (exact) mass is 245 g/mol. The number of rotatable bonds is 13. The Kier molecular flexibility index (Phi) is 13.8. The summed E-state index contributed by atoms with van der Waals surface area (Å²) in [6.07, 6.45) is 10.0. The van der Waals surface area contributed by atoms with Crippen LogP contribution in [0.5, 0.6) is 0 Å². The summed E-state index contributed by atoms with van der Waals surface area (Å²) in [4.78, 5) is 0. The van der Waals surface area contributed by atoms with Crippen LogP contribution in [0.2, 0.25) is 0 Å². The van der Waals surface area contributed by atoms with Gasteiger partial charge in [-0.05, 0) is 39.7 Å². The molecule has 0 aromatic rings. The molecule has 104 valence electrons. The summed E-state index contributed by atoms with van der Waals surface area (Å²) >= 11 is 0. The van der Waals surface area contributed by atoms with Crippen LogP contribution in [0.25, 0.3) is 0 Å². The lowest BCUT2D eigenvalue weighted by Gasteiger charge is -2.16. The van der Waals surface area contributed by atoms with Crippen LogP contribution in [0, 0.1) is 0 Å². The highest BCUT2D eigenvalue weighted by atomic mass is 16.7. The van der Waals surface area contributed by atoms with Crippen molar-refractivity contribution in [2.75, 3.05) is 19.8 Å². The molecule has 0 unspecified atom stereocenters. The summed E-state index contributed by atoms with van der Waals surface area (Å²) in [6.45, 7) is 6.35. The fourth-order valence-electron chi connectivity index (χ4n) is 1.93. The van der Waals surface area contributed by atoms with Gasteiger partial charge in [-0.25, -0.2) is 0 Å². The van der Waals surface area contributed by atoms with Gasteiger partial charge in [0.05, 0.1) is 0 Å². The predicted molar refractivity (Wildman–Crippen MR) is 73.0 cm³/mol. The van der Waals surface area contributed by atoms with Gasteiger partial charge < -0.3 is 15.2 Å². The van der Waals surface area contributed by atoms with Crippen molar-refractivity contribution in [2.45, 2.75) is 71.5 Å². The van der Waals surface area contributed by atoms with Gasteiger partial charge in [0.15, 0.2) is 6.29 Å². The van der Waals surface area contributed by atoms with Gasteiger partial charge in [-0.2, -0.15) is 0 Å². The minimum Gasteiger partial charge on any atom is -0.353 e. The van der Waals surface area contributed by atoms with Crippen LogP contribution in [-0.4, -0.2) is 26.0 Å². The second-order valence-electron chi connectivity index (χ2n) is 4.39. The Hall–Kier alpha value is -0.120. The zero-order chi connectivity index (χ0) is 12.8. The molecule has 0 aromatic carbocycles. The quantitative estimate of drug-likeness (QED) is 0.399. The molecule has 3 nitrogen and oxygen atoms in total. The first-order valence-corrected chi connectivity index (χ1v) is 7.28. The van der Waals surface area contributed by atoms with E-state index in [4.69, 9.17) is 15.2 Å². The van der Waals surface area contributed by atoms with Gasteiger partial charge in [0, 0.05) is 13.2 Å². The first kappa shape index (κ1) is 16.9. The highest BCUT2D eigenvalue weighted by Gasteiger charge is 2.06. The molecule has 3 heteroatoms. The zero-order valence-electron chi connectivity index (χ0n) is 11.7. The van der Waals surface area contributed by atoms with Crippen LogP contribution in [-0.2, 0) is 9.47 Å². The van der Waals surface area contributed by atoms with Crippen molar-refractivity contribution >= 4 is 0 Å². The lowest BCUT2D eigenvalue weighted by Crippen LogP contribution is -2.17. The van der Waals surface area contributed by atoms with Crippen molar-refractivity contribution in [3.63, 3.8) is 0 Å². The molecular formula is C14H31NO2. The summed E-state index contributed by atoms with van der Waals surface area (Å²) < 4.78 is 11.0. The number of hydrogen-bond donors (Lipinski definition) is 1. The van der Waals surface area contributed by atoms with Crippen LogP contribution in [0.1, 0.15) is 65.2 Å². The van der Waals surface area contributed by atoms with Gasteiger partial charge in [-0.1, -0.05) is 32.1 Å². The van der Waals surface area contributed by atoms with Gasteiger partial charge in [-0.15, -0.1) is 0 Å². The Morgan fingerprint density at radius 1 is 0.765 bits per heavy atom. The maximum Gasteiger partial charge on any atom is 0.157 e. The number of unbranched alkanes of at least 4 members (excludes halogenated alkanes) is 6. The van der Waals surface area contributed by atoms with E-state index in [9.17, 15) is 0 Å². The minimum absolute atomic E-state index is 0.0160. The van der Waals surface area contributed by atoms with E-state index in [-0.39, 0.29) is 6.29 Å². The van der Waals surface area contributed by atoms with Gasteiger partial charge in [0.1, 0.15) is 0 Å². The topological polar surface area (TPSA) is 44.5 Å². The van der Waals surface area contributed by atoms with Crippen molar-refractivity contribution in [1.29, 1.82) is 0 Å². The van der Waals surface area contributed by atoms with E-state index < -0.39 is 0 Å². The Balaban J connectivity index is 3.23. The Labute approximate surface area is 107 Å². The number of ether oxygens (including phenoxy) is 2. The van der Waals surface area contributed by atoms with Crippen molar-refractivity contribution in [1.82, 2.24) is 0 Å². The summed E-state index contributed by atoms with van der Waals surface area (Å²) in [5.41, 5.74) is 5.45. The fourth-order valence-corrected chi connectivity index (χ4v) is 1.93. The predicted octanol–water partition coefficient (Wildman–Crippen LogP) is 3.47. The van der Waals surface area contributed by atoms with Crippen LogP contribution < -0.4 is 5.73 Å². The molecule has 0 atom stereocenters. The molecule has 17 heavy (non-hydrogen) atoms. The van der Waals surface area contributed by atoms with Crippen LogP contribution in [0.4, 0.5) is 0 Å². The normalized spacial score (nSPS) is 11.3. The van der Waals surface area contributed by atoms with E-state index in [2.05, 4.69) is 0 Å². The van der Waals surface area contributed by atoms with E-state index in [1.54, 1.807) is 0 Å². The van der Waals surface area contributed by atoms with Crippen LogP contribution in [0.15, 0.2) is 0 Å². The molecule has 2 N–H and O–H groups in total. The molecule has 0 radical (unpaired) electrons. The first-order valence-electron chi connectivity index (χ1n) is 7.28. The second kappa shape index (κ2) is 13.9. The van der Waals surface area contributed by atoms with Crippen molar-refractivity contribution in [3.8, 4) is 0 Å². The molecule has 0 amide bonds. The summed E-state index contributed by atoms with van der Waals surface area (Å²) in [5.74, 6) is 0. The molecule has 0 aromatic heterocycles. The molecule has 0 bridgehead atoms. The van der Waals surface area contributed by atoms with E-state index >= 15 is 0 Å². The highest BCUT2D eigenvalue weighted by Crippen LogP contribution is 2.11. The molecule has 0 fully saturated rings. The zero-order valence-corrected chi connectivity index (χ0v) is 11.7. The van der Waals surface area contributed by atoms with Gasteiger partial charge in [-0.3, -0.25) is 0 Å². The maximum atomic E-state index is 5.51. The van der Waals surface area contributed by atoms with E-state index in [1.807, 2.05) is 13.8 Å². The molecule has 0 saturated carbocycles. The third-order valence-electron chi connectivity index (χ3n) is 2.85. The first-order chi connectivity index (χ1) is 8.35. The van der Waals surface area contributed by atoms with Crippen molar-refractivity contribution < 1.29 is 9.47 Å². The average molecular weight is 245 g/mol. The molecule has 0 aliphatic heterocycles. The lowest BCUT2D eigenvalue weighted by molar-refractivity contribution is -0.140. The van der Waals surface area contributed by atoms with Gasteiger partial charge >= 0.3 is 0 Å². The highest BCUT2D eigenvalue weighted by molar-refractivity contribution is 4.50. The largest absolute Gasteiger partial charge is 0.353 e. The summed E-state index contributed by atoms with van der Waals surface area (Å²) in [6, 6.07) is 0. The van der Waals surface area contributed by atoms with E-state index in [0.717, 1.165) is 26.2 Å². The number of nitrogens with two attached hydrogens (primary N) is 1. The number of hydrogen-bond acceptors (Lipinski definition) is 3. The Bertz CT molecular complexity index is 136. The molecule has 0 heterocycles. The standard InChI is InChI=1S/C14H31NO2/c1-3-16-14(17-4-2)12-10-8-6-5-7-9-11-13-15/h14H,3-13,15H2,1-2H3. The average Bonchev–Trinajstić information content (AvgIpc) is 2.33.